The Bertz CT molecular complexity index is 1140. The van der Waals surface area contributed by atoms with E-state index in [0.717, 1.165) is 0 Å². The van der Waals surface area contributed by atoms with Crippen LogP contribution in [0.2, 0.25) is 0 Å². The largest absolute Gasteiger partial charge is 0.463 e. The summed E-state index contributed by atoms with van der Waals surface area (Å²) in [4.78, 5) is 63.9. The zero-order valence-electron chi connectivity index (χ0n) is 27.5. The van der Waals surface area contributed by atoms with Gasteiger partial charge < -0.3 is 33.2 Å². The van der Waals surface area contributed by atoms with Gasteiger partial charge in [-0.15, -0.1) is 0 Å². The smallest absolute Gasteiger partial charge is 0.342 e. The topological polar surface area (TPSA) is 150 Å². The number of carbonyl (C=O) groups excluding carboxylic acids is 5. The lowest BCUT2D eigenvalue weighted by molar-refractivity contribution is -0.289. The molecule has 0 radical (unpaired) electrons. The summed E-state index contributed by atoms with van der Waals surface area (Å²) in [7, 11) is 0. The molecule has 1 heterocycles. The molecule has 2 rings (SSSR count). The fourth-order valence-corrected chi connectivity index (χ4v) is 4.40. The molecule has 0 bridgehead atoms. The summed E-state index contributed by atoms with van der Waals surface area (Å²) >= 11 is 0. The van der Waals surface area contributed by atoms with E-state index in [2.05, 4.69) is 0 Å². The summed E-state index contributed by atoms with van der Waals surface area (Å²) in [5.41, 5.74) is -0.734. The fourth-order valence-electron chi connectivity index (χ4n) is 4.40. The lowest BCUT2D eigenvalue weighted by atomic mass is 9.97. The van der Waals surface area contributed by atoms with Crippen molar-refractivity contribution in [2.45, 2.75) is 136 Å². The predicted octanol–water partition coefficient (Wildman–Crippen LogP) is 5.22. The van der Waals surface area contributed by atoms with Crippen LogP contribution in [0.25, 0.3) is 0 Å². The molecule has 1 aliphatic heterocycles. The van der Waals surface area contributed by atoms with Crippen LogP contribution in [-0.2, 0) is 47.6 Å². The molecule has 1 aliphatic rings. The zero-order chi connectivity index (χ0) is 33.6. The lowest BCUT2D eigenvalue weighted by Crippen LogP contribution is -2.64. The average Bonchev–Trinajstić information content (AvgIpc) is 2.95. The molecule has 1 unspecified atom stereocenters. The number of hydrogen-bond donors (Lipinski definition) is 0. The van der Waals surface area contributed by atoms with Crippen molar-refractivity contribution in [3.63, 3.8) is 0 Å². The van der Waals surface area contributed by atoms with E-state index in [1.54, 1.807) is 53.7 Å². The van der Waals surface area contributed by atoms with E-state index >= 15 is 0 Å². The Labute approximate surface area is 265 Å². The third-order valence-corrected chi connectivity index (χ3v) is 6.37. The van der Waals surface area contributed by atoms with Crippen molar-refractivity contribution in [3.05, 3.63) is 29.8 Å². The summed E-state index contributed by atoms with van der Waals surface area (Å²) in [5, 5.41) is 0. The third-order valence-electron chi connectivity index (χ3n) is 6.37. The van der Waals surface area contributed by atoms with Crippen LogP contribution in [0.1, 0.15) is 110 Å². The van der Waals surface area contributed by atoms with Gasteiger partial charge in [0.25, 0.3) is 0 Å². The molecule has 1 aromatic rings. The molecule has 5 atom stereocenters. The van der Waals surface area contributed by atoms with Gasteiger partial charge in [-0.1, -0.05) is 39.8 Å². The maximum Gasteiger partial charge on any atom is 0.342 e. The highest BCUT2D eigenvalue weighted by molar-refractivity contribution is 5.92. The molecule has 0 N–H and O–H groups in total. The highest BCUT2D eigenvalue weighted by atomic mass is 16.7. The first-order chi connectivity index (χ1) is 21.3. The first-order valence-electron chi connectivity index (χ1n) is 15.7. The summed E-state index contributed by atoms with van der Waals surface area (Å²) < 4.78 is 40.8. The molecule has 1 aromatic carbocycles. The highest BCUT2D eigenvalue weighted by Gasteiger charge is 2.54. The minimum Gasteiger partial charge on any atom is -0.463 e. The van der Waals surface area contributed by atoms with Crippen LogP contribution >= 0.6 is 0 Å². The van der Waals surface area contributed by atoms with Crippen LogP contribution < -0.4 is 4.74 Å². The van der Waals surface area contributed by atoms with Crippen LogP contribution in [0.5, 0.6) is 5.75 Å². The Morgan fingerprint density at radius 1 is 0.689 bits per heavy atom. The molecule has 0 aliphatic carbocycles. The zero-order valence-corrected chi connectivity index (χ0v) is 27.5. The molecule has 0 aromatic heterocycles. The molecular formula is C33H48O12. The predicted molar refractivity (Wildman–Crippen MR) is 161 cm³/mol. The quantitative estimate of drug-likeness (QED) is 0.173. The van der Waals surface area contributed by atoms with Gasteiger partial charge in [0.15, 0.2) is 12.2 Å². The Balaban J connectivity index is 2.63. The number of benzene rings is 1. The van der Waals surface area contributed by atoms with Gasteiger partial charge in [0.2, 0.25) is 12.4 Å². The molecule has 12 heteroatoms. The van der Waals surface area contributed by atoms with Gasteiger partial charge >= 0.3 is 29.8 Å². The highest BCUT2D eigenvalue weighted by Crippen LogP contribution is 2.33. The third kappa shape index (κ3) is 12.3. The number of ether oxygens (including phenoxy) is 7. The average molecular weight is 637 g/mol. The fraction of sp³-hybridized carbons (Fsp3) is 0.667. The van der Waals surface area contributed by atoms with Crippen molar-refractivity contribution in [3.8, 4) is 5.75 Å². The normalized spacial score (nSPS) is 21.3. The van der Waals surface area contributed by atoms with Crippen LogP contribution in [-0.4, -0.2) is 72.8 Å². The van der Waals surface area contributed by atoms with E-state index in [9.17, 15) is 24.0 Å². The Morgan fingerprint density at radius 2 is 1.18 bits per heavy atom. The first-order valence-corrected chi connectivity index (χ1v) is 15.7. The molecule has 0 spiro atoms. The Hall–Kier alpha value is -3.67. The Kier molecular flexibility index (Phi) is 15.3. The van der Waals surface area contributed by atoms with Gasteiger partial charge in [0, 0.05) is 25.7 Å². The second-order valence-electron chi connectivity index (χ2n) is 11.7. The van der Waals surface area contributed by atoms with Crippen molar-refractivity contribution in [1.29, 1.82) is 0 Å². The van der Waals surface area contributed by atoms with Gasteiger partial charge in [0.1, 0.15) is 29.6 Å². The molecular weight excluding hydrogens is 588 g/mol. The molecule has 0 saturated carbocycles. The molecule has 252 valence electrons. The van der Waals surface area contributed by atoms with Crippen LogP contribution in [0, 0.1) is 0 Å². The van der Waals surface area contributed by atoms with Gasteiger partial charge in [-0.05, 0) is 58.6 Å². The van der Waals surface area contributed by atoms with Gasteiger partial charge in [-0.25, -0.2) is 4.79 Å². The second-order valence-corrected chi connectivity index (χ2v) is 11.7. The van der Waals surface area contributed by atoms with E-state index in [-0.39, 0.29) is 43.6 Å². The van der Waals surface area contributed by atoms with Crippen molar-refractivity contribution in [2.75, 3.05) is 6.61 Å². The molecule has 12 nitrogen and oxygen atoms in total. The summed E-state index contributed by atoms with van der Waals surface area (Å²) in [6.07, 6.45) is -4.61. The SMILES string of the molecule is CCCC(=O)OC[C@H]1OC(Oc2ccccc2C(=O)OC(C)(C)C)[C@H](OC(=O)CCC)[C@@H](OC(=O)CCC)[C@@H]1OC(=O)CCC. The summed E-state index contributed by atoms with van der Waals surface area (Å²) in [6.45, 7) is 12.0. The van der Waals surface area contributed by atoms with Crippen LogP contribution in [0.4, 0.5) is 0 Å². The minimum absolute atomic E-state index is 0.0334. The maximum absolute atomic E-state index is 13.1. The van der Waals surface area contributed by atoms with Crippen molar-refractivity contribution in [2.24, 2.45) is 0 Å². The van der Waals surface area contributed by atoms with Crippen molar-refractivity contribution < 1.29 is 57.1 Å². The number of hydrogen-bond acceptors (Lipinski definition) is 12. The van der Waals surface area contributed by atoms with Crippen LogP contribution in [0.3, 0.4) is 0 Å². The number of carbonyl (C=O) groups is 5. The Morgan fingerprint density at radius 3 is 1.71 bits per heavy atom. The second kappa shape index (κ2) is 18.3. The van der Waals surface area contributed by atoms with E-state index < -0.39 is 66.2 Å². The molecule has 1 fully saturated rings. The van der Waals surface area contributed by atoms with Gasteiger partial charge in [0.05, 0.1) is 0 Å². The molecule has 1 saturated heterocycles. The first kappa shape index (κ1) is 37.5. The minimum atomic E-state index is -1.48. The van der Waals surface area contributed by atoms with E-state index in [0.29, 0.717) is 25.7 Å². The number of rotatable bonds is 16. The molecule has 0 amide bonds. The summed E-state index contributed by atoms with van der Waals surface area (Å²) in [5.74, 6) is -3.02. The van der Waals surface area contributed by atoms with E-state index in [1.807, 2.05) is 6.92 Å². The van der Waals surface area contributed by atoms with Crippen molar-refractivity contribution >= 4 is 29.8 Å². The molecule has 45 heavy (non-hydrogen) atoms. The standard InChI is InChI=1S/C33H48O12/c1-8-14-24(34)39-20-23-28(42-25(35)15-9-2)29(43-26(36)16-10-3)30(44-27(37)17-11-4)32(41-23)40-22-19-13-12-18-21(22)31(38)45-33(5,6)7/h12-13,18-19,23,28-30,32H,8-11,14-17,20H2,1-7H3/t23-,28-,29+,30-,32?/m1/s1. The number of para-hydroxylation sites is 1. The van der Waals surface area contributed by atoms with Crippen LogP contribution in [0.15, 0.2) is 24.3 Å². The number of esters is 5. The lowest BCUT2D eigenvalue weighted by Gasteiger charge is -2.44. The monoisotopic (exact) mass is 636 g/mol. The van der Waals surface area contributed by atoms with Gasteiger partial charge in [-0.2, -0.15) is 0 Å². The van der Waals surface area contributed by atoms with Gasteiger partial charge in [-0.3, -0.25) is 19.2 Å². The van der Waals surface area contributed by atoms with E-state index in [1.165, 1.54) is 12.1 Å². The summed E-state index contributed by atoms with van der Waals surface area (Å²) in [6, 6.07) is 6.26. The maximum atomic E-state index is 13.1. The van der Waals surface area contributed by atoms with Crippen molar-refractivity contribution in [1.82, 2.24) is 0 Å². The van der Waals surface area contributed by atoms with E-state index in [4.69, 9.17) is 33.2 Å².